The number of carbonyl (C=O) groups excluding carboxylic acids is 1. The Morgan fingerprint density at radius 2 is 1.46 bits per heavy atom. The van der Waals surface area contributed by atoms with Gasteiger partial charge in [-0.05, 0) is 61.8 Å². The fraction of sp³-hybridized carbons (Fsp3) is 0.480. The van der Waals surface area contributed by atoms with Crippen molar-refractivity contribution in [2.75, 3.05) is 0 Å². The number of aryl methyl sites for hydroxylation is 4. The van der Waals surface area contributed by atoms with Gasteiger partial charge >= 0.3 is 0 Å². The van der Waals surface area contributed by atoms with Crippen LogP contribution in [-0.4, -0.2) is 5.52 Å². The van der Waals surface area contributed by atoms with E-state index in [1.807, 2.05) is 38.1 Å². The van der Waals surface area contributed by atoms with Crippen molar-refractivity contribution >= 4 is 18.6 Å². The van der Waals surface area contributed by atoms with Gasteiger partial charge in [0.1, 0.15) is 0 Å². The molecule has 2 aromatic rings. The summed E-state index contributed by atoms with van der Waals surface area (Å²) in [7, 11) is -2.54. The van der Waals surface area contributed by atoms with Gasteiger partial charge in [0.25, 0.3) is 0 Å². The number of carbonyl (C=O) groups is 1. The molecule has 3 heteroatoms. The summed E-state index contributed by atoms with van der Waals surface area (Å²) in [4.78, 5) is 13.1. The highest BCUT2D eigenvalue weighted by atomic mass is 31.1. The second-order valence-electron chi connectivity index (χ2n) is 7.83. The van der Waals surface area contributed by atoms with Crippen LogP contribution in [0, 0.1) is 13.8 Å². The molecule has 0 fully saturated rings. The van der Waals surface area contributed by atoms with Gasteiger partial charge in [-0.3, -0.25) is 4.79 Å². The molecule has 0 saturated carbocycles. The van der Waals surface area contributed by atoms with Crippen molar-refractivity contribution in [3.8, 4) is 0 Å². The SMILES string of the molecule is CCCCCc1ccc([PH](=O)C(=O)c2c(C)cccc2C)c(CCCCC)c1. The second-order valence-corrected chi connectivity index (χ2v) is 9.48. The molecule has 2 rings (SSSR count). The van der Waals surface area contributed by atoms with E-state index in [0.717, 1.165) is 54.1 Å². The minimum atomic E-state index is -2.54. The first kappa shape index (κ1) is 22.6. The Hall–Kier alpha value is -1.66. The van der Waals surface area contributed by atoms with Crippen LogP contribution < -0.4 is 5.30 Å². The first-order valence-corrected chi connectivity index (χ1v) is 12.2. The Labute approximate surface area is 171 Å². The van der Waals surface area contributed by atoms with E-state index < -0.39 is 7.80 Å². The number of benzene rings is 2. The Balaban J connectivity index is 2.33. The van der Waals surface area contributed by atoms with Gasteiger partial charge in [0.05, 0.1) is 0 Å². The molecule has 0 saturated heterocycles. The van der Waals surface area contributed by atoms with Crippen LogP contribution in [0.5, 0.6) is 0 Å². The van der Waals surface area contributed by atoms with Crippen molar-refractivity contribution in [2.45, 2.75) is 79.1 Å². The average Bonchev–Trinajstić information content (AvgIpc) is 2.68. The summed E-state index contributed by atoms with van der Waals surface area (Å²) in [5.41, 5.74) is 4.68. The van der Waals surface area contributed by atoms with Crippen molar-refractivity contribution in [2.24, 2.45) is 0 Å². The molecule has 0 aliphatic heterocycles. The number of unbranched alkanes of at least 4 members (excludes halogenated alkanes) is 4. The van der Waals surface area contributed by atoms with Gasteiger partial charge in [0.2, 0.25) is 5.52 Å². The van der Waals surface area contributed by atoms with Crippen LogP contribution in [-0.2, 0) is 17.4 Å². The summed E-state index contributed by atoms with van der Waals surface area (Å²) in [5.74, 6) is 0. The third-order valence-corrected chi connectivity index (χ3v) is 7.09. The van der Waals surface area contributed by atoms with Crippen molar-refractivity contribution in [3.63, 3.8) is 0 Å². The smallest absolute Gasteiger partial charge is 0.223 e. The topological polar surface area (TPSA) is 34.1 Å². The van der Waals surface area contributed by atoms with Crippen LogP contribution in [0.3, 0.4) is 0 Å². The summed E-state index contributed by atoms with van der Waals surface area (Å²) in [5, 5.41) is 0.771. The molecule has 152 valence electrons. The highest BCUT2D eigenvalue weighted by Gasteiger charge is 2.22. The molecule has 0 radical (unpaired) electrons. The predicted molar refractivity (Wildman–Crippen MR) is 122 cm³/mol. The van der Waals surface area contributed by atoms with E-state index in [1.54, 1.807) is 0 Å². The zero-order chi connectivity index (χ0) is 20.5. The van der Waals surface area contributed by atoms with Crippen LogP contribution in [0.25, 0.3) is 0 Å². The van der Waals surface area contributed by atoms with Crippen LogP contribution >= 0.6 is 7.80 Å². The largest absolute Gasteiger partial charge is 0.313 e. The van der Waals surface area contributed by atoms with E-state index in [0.29, 0.717) is 5.56 Å². The number of hydrogen-bond acceptors (Lipinski definition) is 2. The maximum absolute atomic E-state index is 13.3. The third-order valence-electron chi connectivity index (χ3n) is 5.45. The molecule has 0 heterocycles. The lowest BCUT2D eigenvalue weighted by Gasteiger charge is -2.14. The molecule has 28 heavy (non-hydrogen) atoms. The summed E-state index contributed by atoms with van der Waals surface area (Å²) in [6.07, 6.45) is 8.97. The maximum atomic E-state index is 13.3. The fourth-order valence-corrected chi connectivity index (χ4v) is 5.37. The molecule has 2 aromatic carbocycles. The van der Waals surface area contributed by atoms with Gasteiger partial charge < -0.3 is 4.57 Å². The van der Waals surface area contributed by atoms with Gasteiger partial charge in [-0.25, -0.2) is 0 Å². The van der Waals surface area contributed by atoms with Gasteiger partial charge in [-0.1, -0.05) is 75.9 Å². The molecular formula is C25H35O2P. The normalized spacial score (nSPS) is 12.1. The molecule has 0 aliphatic rings. The summed E-state index contributed by atoms with van der Waals surface area (Å²) in [6.45, 7) is 8.25. The minimum Gasteiger partial charge on any atom is -0.313 e. The minimum absolute atomic E-state index is 0.198. The first-order valence-electron chi connectivity index (χ1n) is 10.8. The van der Waals surface area contributed by atoms with Crippen molar-refractivity contribution in [1.82, 2.24) is 0 Å². The Morgan fingerprint density at radius 1 is 0.857 bits per heavy atom. The number of rotatable bonds is 11. The molecule has 0 aliphatic carbocycles. The second kappa shape index (κ2) is 11.4. The predicted octanol–water partition coefficient (Wildman–Crippen LogP) is 6.79. The molecule has 0 aromatic heterocycles. The van der Waals surface area contributed by atoms with E-state index in [1.165, 1.54) is 24.8 Å². The van der Waals surface area contributed by atoms with E-state index in [9.17, 15) is 9.36 Å². The highest BCUT2D eigenvalue weighted by molar-refractivity contribution is 7.71. The lowest BCUT2D eigenvalue weighted by atomic mass is 10.0. The Kier molecular flexibility index (Phi) is 9.19. The van der Waals surface area contributed by atoms with E-state index in [-0.39, 0.29) is 5.52 Å². The van der Waals surface area contributed by atoms with Crippen LogP contribution in [0.4, 0.5) is 0 Å². The first-order chi connectivity index (χ1) is 13.5. The fourth-order valence-electron chi connectivity index (χ4n) is 3.78. The molecular weight excluding hydrogens is 363 g/mol. The molecule has 0 N–H and O–H groups in total. The Bertz CT molecular complexity index is 803. The van der Waals surface area contributed by atoms with Crippen LogP contribution in [0.1, 0.15) is 85.0 Å². The zero-order valence-electron chi connectivity index (χ0n) is 17.9. The monoisotopic (exact) mass is 398 g/mol. The van der Waals surface area contributed by atoms with E-state index in [2.05, 4.69) is 26.0 Å². The lowest BCUT2D eigenvalue weighted by Crippen LogP contribution is -2.12. The summed E-state index contributed by atoms with van der Waals surface area (Å²) < 4.78 is 13.3. The molecule has 0 amide bonds. The van der Waals surface area contributed by atoms with Crippen molar-refractivity contribution < 1.29 is 9.36 Å². The molecule has 0 bridgehead atoms. The van der Waals surface area contributed by atoms with Gasteiger partial charge in [0, 0.05) is 10.9 Å². The average molecular weight is 399 g/mol. The molecule has 1 unspecified atom stereocenters. The van der Waals surface area contributed by atoms with E-state index >= 15 is 0 Å². The number of hydrogen-bond donors (Lipinski definition) is 0. The van der Waals surface area contributed by atoms with E-state index in [4.69, 9.17) is 0 Å². The zero-order valence-corrected chi connectivity index (χ0v) is 18.9. The van der Waals surface area contributed by atoms with Gasteiger partial charge in [-0.15, -0.1) is 0 Å². The maximum Gasteiger partial charge on any atom is 0.223 e. The molecule has 0 spiro atoms. The summed E-state index contributed by atoms with van der Waals surface area (Å²) in [6, 6.07) is 12.0. The van der Waals surface area contributed by atoms with Crippen molar-refractivity contribution in [3.05, 3.63) is 64.2 Å². The highest BCUT2D eigenvalue weighted by Crippen LogP contribution is 2.32. The van der Waals surface area contributed by atoms with Crippen LogP contribution in [0.2, 0.25) is 0 Å². The van der Waals surface area contributed by atoms with Crippen LogP contribution in [0.15, 0.2) is 36.4 Å². The quantitative estimate of drug-likeness (QED) is 0.308. The molecule has 2 nitrogen and oxygen atoms in total. The van der Waals surface area contributed by atoms with Crippen molar-refractivity contribution in [1.29, 1.82) is 0 Å². The van der Waals surface area contributed by atoms with Gasteiger partial charge in [0.15, 0.2) is 7.80 Å². The molecule has 1 atom stereocenters. The standard InChI is InChI=1S/C25H35O2P/c1-5-7-9-14-21-16-17-23(22(18-21)15-10-8-6-2)28(27)25(26)24-19(3)12-11-13-20(24)4/h11-13,16-18,28H,5-10,14-15H2,1-4H3. The Morgan fingerprint density at radius 3 is 2.07 bits per heavy atom. The summed E-state index contributed by atoms with van der Waals surface area (Å²) >= 11 is 0. The lowest BCUT2D eigenvalue weighted by molar-refractivity contribution is 0.107. The third kappa shape index (κ3) is 5.92. The van der Waals surface area contributed by atoms with Gasteiger partial charge in [-0.2, -0.15) is 0 Å².